The number of likely N-dealkylation sites (N-methyl/N-ethyl adjacent to an activating group) is 1. The van der Waals surface area contributed by atoms with Gasteiger partial charge in [-0.1, -0.05) is 24.3 Å². The minimum Gasteiger partial charge on any atom is -0.385 e. The first-order valence-electron chi connectivity index (χ1n) is 5.17. The van der Waals surface area contributed by atoms with Crippen molar-refractivity contribution in [2.75, 3.05) is 13.6 Å². The van der Waals surface area contributed by atoms with E-state index in [0.29, 0.717) is 12.1 Å². The van der Waals surface area contributed by atoms with Crippen molar-refractivity contribution in [1.82, 2.24) is 5.32 Å². The zero-order valence-electron chi connectivity index (χ0n) is 8.79. The minimum absolute atomic E-state index is 0.0356. The van der Waals surface area contributed by atoms with Crippen LogP contribution in [-0.2, 0) is 5.60 Å². The molecule has 80 valence electrons. The fraction of sp³-hybridized carbons (Fsp3) is 0.417. The molecular weight excluding hydrogens is 190 g/mol. The summed E-state index contributed by atoms with van der Waals surface area (Å²) >= 11 is 0. The average Bonchev–Trinajstić information content (AvgIpc) is 2.98. The second kappa shape index (κ2) is 3.76. The molecule has 15 heavy (non-hydrogen) atoms. The summed E-state index contributed by atoms with van der Waals surface area (Å²) in [6.07, 6.45) is 1.52. The Balaban J connectivity index is 2.34. The molecule has 1 fully saturated rings. The van der Waals surface area contributed by atoms with Crippen LogP contribution in [0.15, 0.2) is 24.3 Å². The summed E-state index contributed by atoms with van der Waals surface area (Å²) in [5.41, 5.74) is 0.692. The molecule has 3 nitrogen and oxygen atoms in total. The Morgan fingerprint density at radius 3 is 2.73 bits per heavy atom. The molecule has 1 aromatic rings. The fourth-order valence-corrected chi connectivity index (χ4v) is 1.78. The Morgan fingerprint density at radius 2 is 2.13 bits per heavy atom. The SMILES string of the molecule is CNCC(=O)c1ccccc1C1(O)CC1. The Bertz CT molecular complexity index is 383. The topological polar surface area (TPSA) is 49.3 Å². The van der Waals surface area contributed by atoms with E-state index in [4.69, 9.17) is 0 Å². The van der Waals surface area contributed by atoms with E-state index < -0.39 is 5.60 Å². The first-order chi connectivity index (χ1) is 7.17. The molecule has 0 aliphatic heterocycles. The highest BCUT2D eigenvalue weighted by Gasteiger charge is 2.44. The molecule has 0 amide bonds. The van der Waals surface area contributed by atoms with E-state index in [0.717, 1.165) is 18.4 Å². The van der Waals surface area contributed by atoms with Gasteiger partial charge in [0.05, 0.1) is 12.1 Å². The standard InChI is InChI=1S/C12H15NO2/c1-13-8-11(14)9-4-2-3-5-10(9)12(15)6-7-12/h2-5,13,15H,6-8H2,1H3. The third-order valence-corrected chi connectivity index (χ3v) is 2.79. The number of hydrogen-bond donors (Lipinski definition) is 2. The number of Topliss-reactive ketones (excluding diaryl/α,β-unsaturated/α-hetero) is 1. The van der Waals surface area contributed by atoms with Gasteiger partial charge >= 0.3 is 0 Å². The lowest BCUT2D eigenvalue weighted by molar-refractivity contribution is 0.0980. The number of ketones is 1. The van der Waals surface area contributed by atoms with E-state index in [1.807, 2.05) is 18.2 Å². The number of rotatable bonds is 4. The van der Waals surface area contributed by atoms with Crippen LogP contribution in [0.1, 0.15) is 28.8 Å². The molecule has 0 aromatic heterocycles. The van der Waals surface area contributed by atoms with E-state index >= 15 is 0 Å². The number of aliphatic hydroxyl groups is 1. The van der Waals surface area contributed by atoms with Crippen molar-refractivity contribution in [1.29, 1.82) is 0 Å². The minimum atomic E-state index is -0.736. The summed E-state index contributed by atoms with van der Waals surface area (Å²) in [5, 5.41) is 12.9. The molecule has 3 heteroatoms. The maximum atomic E-state index is 11.8. The highest BCUT2D eigenvalue weighted by Crippen LogP contribution is 2.46. The molecular formula is C12H15NO2. The number of nitrogens with one attached hydrogen (secondary N) is 1. The lowest BCUT2D eigenvalue weighted by Gasteiger charge is -2.13. The van der Waals surface area contributed by atoms with Gasteiger partial charge in [0.25, 0.3) is 0 Å². The molecule has 1 aliphatic rings. The normalized spacial score (nSPS) is 17.5. The van der Waals surface area contributed by atoms with Gasteiger partial charge in [-0.25, -0.2) is 0 Å². The quantitative estimate of drug-likeness (QED) is 0.723. The van der Waals surface area contributed by atoms with Gasteiger partial charge in [0.1, 0.15) is 0 Å². The Labute approximate surface area is 89.1 Å². The van der Waals surface area contributed by atoms with E-state index in [2.05, 4.69) is 5.32 Å². The molecule has 1 aromatic carbocycles. The van der Waals surface area contributed by atoms with Crippen LogP contribution in [0, 0.1) is 0 Å². The summed E-state index contributed by atoms with van der Waals surface area (Å²) in [4.78, 5) is 11.8. The lowest BCUT2D eigenvalue weighted by atomic mass is 9.97. The Kier molecular flexibility index (Phi) is 2.59. The molecule has 0 spiro atoms. The lowest BCUT2D eigenvalue weighted by Crippen LogP contribution is -2.21. The van der Waals surface area contributed by atoms with Crippen molar-refractivity contribution < 1.29 is 9.90 Å². The molecule has 0 atom stereocenters. The average molecular weight is 205 g/mol. The van der Waals surface area contributed by atoms with Crippen LogP contribution in [-0.4, -0.2) is 24.5 Å². The van der Waals surface area contributed by atoms with E-state index in [9.17, 15) is 9.90 Å². The van der Waals surface area contributed by atoms with Gasteiger partial charge in [0.2, 0.25) is 0 Å². The predicted octanol–water partition coefficient (Wildman–Crippen LogP) is 1.07. The van der Waals surface area contributed by atoms with Gasteiger partial charge in [-0.2, -0.15) is 0 Å². The van der Waals surface area contributed by atoms with Crippen LogP contribution < -0.4 is 5.32 Å². The van der Waals surface area contributed by atoms with Crippen LogP contribution >= 0.6 is 0 Å². The third kappa shape index (κ3) is 1.94. The third-order valence-electron chi connectivity index (χ3n) is 2.79. The fourth-order valence-electron chi connectivity index (χ4n) is 1.78. The van der Waals surface area contributed by atoms with Gasteiger partial charge in [0, 0.05) is 5.56 Å². The van der Waals surface area contributed by atoms with Crippen molar-refractivity contribution in [3.05, 3.63) is 35.4 Å². The van der Waals surface area contributed by atoms with Gasteiger partial charge in [-0.05, 0) is 25.5 Å². The van der Waals surface area contributed by atoms with Crippen LogP contribution in [0.2, 0.25) is 0 Å². The molecule has 1 saturated carbocycles. The first-order valence-corrected chi connectivity index (χ1v) is 5.17. The summed E-state index contributed by atoms with van der Waals surface area (Å²) in [6, 6.07) is 7.32. The summed E-state index contributed by atoms with van der Waals surface area (Å²) < 4.78 is 0. The second-order valence-corrected chi connectivity index (χ2v) is 4.03. The molecule has 0 heterocycles. The number of carbonyl (C=O) groups is 1. The van der Waals surface area contributed by atoms with E-state index in [-0.39, 0.29) is 5.78 Å². The highest BCUT2D eigenvalue weighted by molar-refractivity contribution is 5.99. The zero-order chi connectivity index (χ0) is 10.9. The van der Waals surface area contributed by atoms with Crippen molar-refractivity contribution in [2.45, 2.75) is 18.4 Å². The van der Waals surface area contributed by atoms with Crippen LogP contribution in [0.25, 0.3) is 0 Å². The van der Waals surface area contributed by atoms with Crippen molar-refractivity contribution >= 4 is 5.78 Å². The molecule has 0 unspecified atom stereocenters. The monoisotopic (exact) mass is 205 g/mol. The summed E-state index contributed by atoms with van der Waals surface area (Å²) in [6.45, 7) is 0.313. The Morgan fingerprint density at radius 1 is 1.47 bits per heavy atom. The summed E-state index contributed by atoms with van der Waals surface area (Å²) in [5.74, 6) is 0.0356. The van der Waals surface area contributed by atoms with Crippen LogP contribution in [0.5, 0.6) is 0 Å². The van der Waals surface area contributed by atoms with E-state index in [1.165, 1.54) is 0 Å². The smallest absolute Gasteiger partial charge is 0.176 e. The van der Waals surface area contributed by atoms with Gasteiger partial charge in [-0.3, -0.25) is 4.79 Å². The zero-order valence-corrected chi connectivity index (χ0v) is 8.79. The van der Waals surface area contributed by atoms with Crippen molar-refractivity contribution in [3.63, 3.8) is 0 Å². The van der Waals surface area contributed by atoms with E-state index in [1.54, 1.807) is 13.1 Å². The molecule has 1 aliphatic carbocycles. The van der Waals surface area contributed by atoms with Gasteiger partial charge in [0.15, 0.2) is 5.78 Å². The molecule has 0 bridgehead atoms. The largest absolute Gasteiger partial charge is 0.385 e. The Hall–Kier alpha value is -1.19. The number of benzene rings is 1. The molecule has 0 saturated heterocycles. The van der Waals surface area contributed by atoms with Crippen molar-refractivity contribution in [3.8, 4) is 0 Å². The maximum Gasteiger partial charge on any atom is 0.176 e. The second-order valence-electron chi connectivity index (χ2n) is 4.03. The maximum absolute atomic E-state index is 11.8. The van der Waals surface area contributed by atoms with Gasteiger partial charge in [-0.15, -0.1) is 0 Å². The molecule has 2 N–H and O–H groups in total. The number of carbonyl (C=O) groups excluding carboxylic acids is 1. The predicted molar refractivity (Wildman–Crippen MR) is 57.8 cm³/mol. The number of hydrogen-bond acceptors (Lipinski definition) is 3. The van der Waals surface area contributed by atoms with Crippen molar-refractivity contribution in [2.24, 2.45) is 0 Å². The van der Waals surface area contributed by atoms with Crippen LogP contribution in [0.4, 0.5) is 0 Å². The molecule has 2 rings (SSSR count). The first kappa shape index (κ1) is 10.3. The van der Waals surface area contributed by atoms with Crippen LogP contribution in [0.3, 0.4) is 0 Å². The van der Waals surface area contributed by atoms with Gasteiger partial charge < -0.3 is 10.4 Å². The molecule has 0 radical (unpaired) electrons. The summed E-state index contributed by atoms with van der Waals surface area (Å²) in [7, 11) is 1.74. The highest BCUT2D eigenvalue weighted by atomic mass is 16.3.